The Balaban J connectivity index is 1.79. The van der Waals surface area contributed by atoms with Crippen LogP contribution in [0.25, 0.3) is 0 Å². The van der Waals surface area contributed by atoms with Gasteiger partial charge < -0.3 is 15.0 Å². The summed E-state index contributed by atoms with van der Waals surface area (Å²) >= 11 is 6.26. The van der Waals surface area contributed by atoms with Crippen molar-refractivity contribution < 1.29 is 9.53 Å². The number of hydrogen-bond acceptors (Lipinski definition) is 4. The Bertz CT molecular complexity index is 504. The number of methoxy groups -OCH3 is 1. The first-order valence-electron chi connectivity index (χ1n) is 8.13. The normalized spacial score (nSPS) is 17.1. The summed E-state index contributed by atoms with van der Waals surface area (Å²) < 4.78 is 4.99. The molecular weight excluding hydrogens is 314 g/mol. The highest BCUT2D eigenvalue weighted by Gasteiger charge is 2.25. The van der Waals surface area contributed by atoms with Gasteiger partial charge in [-0.3, -0.25) is 9.69 Å². The van der Waals surface area contributed by atoms with E-state index in [9.17, 15) is 4.79 Å². The van der Waals surface area contributed by atoms with Crippen LogP contribution in [-0.4, -0.2) is 63.3 Å². The highest BCUT2D eigenvalue weighted by molar-refractivity contribution is 6.33. The molecule has 1 aromatic carbocycles. The van der Waals surface area contributed by atoms with Gasteiger partial charge in [0, 0.05) is 46.4 Å². The molecule has 5 nitrogen and oxygen atoms in total. The van der Waals surface area contributed by atoms with E-state index in [1.54, 1.807) is 7.11 Å². The minimum Gasteiger partial charge on any atom is -0.385 e. The smallest absolute Gasteiger partial charge is 0.237 e. The molecule has 128 valence electrons. The number of carbonyl (C=O) groups excluding carboxylic acids is 1. The fourth-order valence-electron chi connectivity index (χ4n) is 2.80. The molecule has 0 radical (unpaired) electrons. The zero-order valence-electron chi connectivity index (χ0n) is 13.9. The van der Waals surface area contributed by atoms with Crippen LogP contribution in [0, 0.1) is 0 Å². The summed E-state index contributed by atoms with van der Waals surface area (Å²) in [5.41, 5.74) is 1.07. The van der Waals surface area contributed by atoms with Crippen LogP contribution < -0.4 is 10.2 Å². The first-order valence-corrected chi connectivity index (χ1v) is 8.51. The van der Waals surface area contributed by atoms with Crippen LogP contribution in [0.2, 0.25) is 5.02 Å². The zero-order valence-corrected chi connectivity index (χ0v) is 14.7. The highest BCUT2D eigenvalue weighted by atomic mass is 35.5. The van der Waals surface area contributed by atoms with E-state index in [0.717, 1.165) is 43.3 Å². The van der Waals surface area contributed by atoms with E-state index in [4.69, 9.17) is 16.3 Å². The maximum absolute atomic E-state index is 12.2. The van der Waals surface area contributed by atoms with E-state index in [1.807, 2.05) is 31.2 Å². The Morgan fingerprint density at radius 1 is 1.30 bits per heavy atom. The molecule has 1 saturated heterocycles. The molecule has 0 saturated carbocycles. The number of amides is 1. The maximum atomic E-state index is 12.2. The molecule has 1 N–H and O–H groups in total. The number of piperazine rings is 1. The molecule has 1 fully saturated rings. The van der Waals surface area contributed by atoms with Crippen molar-refractivity contribution in [3.63, 3.8) is 0 Å². The van der Waals surface area contributed by atoms with Gasteiger partial charge in [0.25, 0.3) is 0 Å². The van der Waals surface area contributed by atoms with Crippen molar-refractivity contribution in [1.82, 2.24) is 10.2 Å². The zero-order chi connectivity index (χ0) is 16.7. The van der Waals surface area contributed by atoms with Crippen molar-refractivity contribution in [3.05, 3.63) is 29.3 Å². The molecule has 23 heavy (non-hydrogen) atoms. The number of ether oxygens (including phenoxy) is 1. The van der Waals surface area contributed by atoms with Crippen molar-refractivity contribution in [2.24, 2.45) is 0 Å². The molecular formula is C17H26ClN3O2. The molecule has 0 spiro atoms. The van der Waals surface area contributed by atoms with Crippen LogP contribution in [0.1, 0.15) is 13.3 Å². The molecule has 6 heteroatoms. The standard InChI is InChI=1S/C17H26ClN3O2/c1-14(17(22)19-8-5-13-23-2)20-9-11-21(12-10-20)16-7-4-3-6-15(16)18/h3-4,6-7,14H,5,8-13H2,1-2H3,(H,19,22). The maximum Gasteiger partial charge on any atom is 0.237 e. The first-order chi connectivity index (χ1) is 11.1. The van der Waals surface area contributed by atoms with E-state index in [1.165, 1.54) is 0 Å². The van der Waals surface area contributed by atoms with Gasteiger partial charge in [0.2, 0.25) is 5.91 Å². The summed E-state index contributed by atoms with van der Waals surface area (Å²) in [6.07, 6.45) is 0.843. The lowest BCUT2D eigenvalue weighted by atomic mass is 10.2. The third-order valence-corrected chi connectivity index (χ3v) is 4.58. The van der Waals surface area contributed by atoms with Crippen molar-refractivity contribution >= 4 is 23.2 Å². The van der Waals surface area contributed by atoms with E-state index in [2.05, 4.69) is 15.1 Å². The van der Waals surface area contributed by atoms with E-state index < -0.39 is 0 Å². The van der Waals surface area contributed by atoms with Gasteiger partial charge in [-0.25, -0.2) is 0 Å². The number of carbonyl (C=O) groups is 1. The second kappa shape index (κ2) is 9.11. The van der Waals surface area contributed by atoms with Crippen LogP contribution in [0.4, 0.5) is 5.69 Å². The molecule has 0 aliphatic carbocycles. The first kappa shape index (κ1) is 18.0. The van der Waals surface area contributed by atoms with Crippen molar-refractivity contribution in [3.8, 4) is 0 Å². The summed E-state index contributed by atoms with van der Waals surface area (Å²) in [7, 11) is 1.67. The lowest BCUT2D eigenvalue weighted by molar-refractivity contribution is -0.126. The summed E-state index contributed by atoms with van der Waals surface area (Å²) in [5.74, 6) is 0.0901. The lowest BCUT2D eigenvalue weighted by Crippen LogP contribution is -2.54. The van der Waals surface area contributed by atoms with Crippen LogP contribution in [0.5, 0.6) is 0 Å². The Morgan fingerprint density at radius 2 is 2.00 bits per heavy atom. The van der Waals surface area contributed by atoms with Gasteiger partial charge in [0.1, 0.15) is 0 Å². The predicted molar refractivity (Wildman–Crippen MR) is 94.2 cm³/mol. The number of halogens is 1. The average Bonchev–Trinajstić information content (AvgIpc) is 2.58. The minimum absolute atomic E-state index is 0.0901. The Hall–Kier alpha value is -1.30. The predicted octanol–water partition coefficient (Wildman–Crippen LogP) is 2.00. The summed E-state index contributed by atoms with van der Waals surface area (Å²) in [4.78, 5) is 16.7. The van der Waals surface area contributed by atoms with E-state index in [-0.39, 0.29) is 11.9 Å². The third kappa shape index (κ3) is 5.09. The van der Waals surface area contributed by atoms with Gasteiger partial charge in [-0.15, -0.1) is 0 Å². The van der Waals surface area contributed by atoms with Crippen LogP contribution in [-0.2, 0) is 9.53 Å². The largest absolute Gasteiger partial charge is 0.385 e. The topological polar surface area (TPSA) is 44.8 Å². The second-order valence-corrected chi connectivity index (χ2v) is 6.19. The van der Waals surface area contributed by atoms with E-state index in [0.29, 0.717) is 13.2 Å². The Morgan fingerprint density at radius 3 is 2.65 bits per heavy atom. The molecule has 1 aliphatic heterocycles. The molecule has 1 unspecified atom stereocenters. The van der Waals surface area contributed by atoms with Gasteiger partial charge >= 0.3 is 0 Å². The van der Waals surface area contributed by atoms with Gasteiger partial charge in [0.15, 0.2) is 0 Å². The summed E-state index contributed by atoms with van der Waals surface area (Å²) in [6, 6.07) is 7.80. The van der Waals surface area contributed by atoms with Crippen molar-refractivity contribution in [1.29, 1.82) is 0 Å². The monoisotopic (exact) mass is 339 g/mol. The second-order valence-electron chi connectivity index (χ2n) is 5.79. The number of hydrogen-bond donors (Lipinski definition) is 1. The Labute approximate surface area is 143 Å². The fourth-order valence-corrected chi connectivity index (χ4v) is 3.06. The SMILES string of the molecule is COCCCNC(=O)C(C)N1CCN(c2ccccc2Cl)CC1. The Kier molecular flexibility index (Phi) is 7.15. The minimum atomic E-state index is -0.106. The molecule has 0 aromatic heterocycles. The average molecular weight is 340 g/mol. The molecule has 1 atom stereocenters. The van der Waals surface area contributed by atoms with Gasteiger partial charge in [-0.1, -0.05) is 23.7 Å². The van der Waals surface area contributed by atoms with Gasteiger partial charge in [0.05, 0.1) is 16.8 Å². The quantitative estimate of drug-likeness (QED) is 0.772. The summed E-state index contributed by atoms with van der Waals surface area (Å²) in [5, 5.41) is 3.75. The number of anilines is 1. The molecule has 1 aromatic rings. The van der Waals surface area contributed by atoms with Gasteiger partial charge in [-0.2, -0.15) is 0 Å². The number of benzene rings is 1. The van der Waals surface area contributed by atoms with Crippen LogP contribution in [0.3, 0.4) is 0 Å². The molecule has 1 amide bonds. The lowest BCUT2D eigenvalue weighted by Gasteiger charge is -2.38. The van der Waals surface area contributed by atoms with Crippen molar-refractivity contribution in [2.45, 2.75) is 19.4 Å². The molecule has 1 heterocycles. The third-order valence-electron chi connectivity index (χ3n) is 4.26. The number of para-hydroxylation sites is 1. The number of rotatable bonds is 7. The van der Waals surface area contributed by atoms with Crippen LogP contribution >= 0.6 is 11.6 Å². The van der Waals surface area contributed by atoms with E-state index >= 15 is 0 Å². The number of nitrogens with zero attached hydrogens (tertiary/aromatic N) is 2. The number of nitrogens with one attached hydrogen (secondary N) is 1. The summed E-state index contributed by atoms with van der Waals surface area (Å²) in [6.45, 7) is 6.78. The highest BCUT2D eigenvalue weighted by Crippen LogP contribution is 2.26. The van der Waals surface area contributed by atoms with Crippen molar-refractivity contribution in [2.75, 3.05) is 51.3 Å². The fraction of sp³-hybridized carbons (Fsp3) is 0.588. The molecule has 2 rings (SSSR count). The van der Waals surface area contributed by atoms with Crippen LogP contribution in [0.15, 0.2) is 24.3 Å². The molecule has 0 bridgehead atoms. The molecule has 1 aliphatic rings. The van der Waals surface area contributed by atoms with Gasteiger partial charge in [-0.05, 0) is 25.5 Å².